The number of halogens is 1. The maximum atomic E-state index is 13.4. The third-order valence-electron chi connectivity index (χ3n) is 6.89. The Morgan fingerprint density at radius 3 is 2.57 bits per heavy atom. The molecule has 2 bridgehead atoms. The van der Waals surface area contributed by atoms with Gasteiger partial charge in [-0.2, -0.15) is 0 Å². The molecule has 0 atom stereocenters. The van der Waals surface area contributed by atoms with Gasteiger partial charge in [-0.3, -0.25) is 23.7 Å². The van der Waals surface area contributed by atoms with E-state index in [1.165, 1.54) is 36.9 Å². The molecular weight excluding hydrogens is 457 g/mol. The molecule has 1 fully saturated rings. The number of benzene rings is 1. The molecule has 1 aliphatic carbocycles. The summed E-state index contributed by atoms with van der Waals surface area (Å²) < 4.78 is 14.7. The zero-order chi connectivity index (χ0) is 25.5. The van der Waals surface area contributed by atoms with E-state index in [9.17, 15) is 28.7 Å². The number of nitrogens with one attached hydrogen (secondary N) is 2. The lowest BCUT2D eigenvalue weighted by Gasteiger charge is -2.37. The van der Waals surface area contributed by atoms with Gasteiger partial charge >= 0.3 is 11.8 Å². The van der Waals surface area contributed by atoms with Crippen molar-refractivity contribution in [3.8, 4) is 5.75 Å². The first-order valence-corrected chi connectivity index (χ1v) is 11.4. The van der Waals surface area contributed by atoms with E-state index in [2.05, 4.69) is 15.6 Å². The number of carbonyl (C=O) groups excluding carboxylic acids is 3. The molecule has 11 heteroatoms. The molecule has 0 spiro atoms. The number of hydrogen-bond acceptors (Lipinski definition) is 6. The SMILES string of the molecule is Cc1cc(F)ccc1CNC(=O)c1nc2n(c(=O)c1O)CC1CCC2(NC(=O)C(=O)N(C)C)CC1. The quantitative estimate of drug-likeness (QED) is 0.552. The largest absolute Gasteiger partial charge is 0.501 e. The molecular formula is C24H28FN5O5. The lowest BCUT2D eigenvalue weighted by molar-refractivity contribution is -0.145. The van der Waals surface area contributed by atoms with Gasteiger partial charge in [0.25, 0.3) is 11.5 Å². The minimum Gasteiger partial charge on any atom is -0.501 e. The number of aryl methyl sites for hydroxylation is 1. The number of fused-ring (bicyclic) bond motifs is 2. The van der Waals surface area contributed by atoms with Crippen molar-refractivity contribution in [2.45, 2.75) is 51.2 Å². The molecule has 0 radical (unpaired) electrons. The maximum absolute atomic E-state index is 13.4. The van der Waals surface area contributed by atoms with Crippen LogP contribution in [0.25, 0.3) is 0 Å². The lowest BCUT2D eigenvalue weighted by Crippen LogP contribution is -2.53. The summed E-state index contributed by atoms with van der Waals surface area (Å²) in [6.45, 7) is 2.03. The molecule has 3 heterocycles. The molecule has 3 amide bonds. The average molecular weight is 486 g/mol. The van der Waals surface area contributed by atoms with Crippen LogP contribution in [0.2, 0.25) is 0 Å². The number of likely N-dealkylation sites (N-methyl/N-ethyl adjacent to an activating group) is 1. The van der Waals surface area contributed by atoms with Gasteiger partial charge in [-0.25, -0.2) is 9.37 Å². The molecule has 10 nitrogen and oxygen atoms in total. The van der Waals surface area contributed by atoms with Gasteiger partial charge in [0.1, 0.15) is 11.6 Å². The summed E-state index contributed by atoms with van der Waals surface area (Å²) in [7, 11) is 2.92. The number of amides is 3. The highest BCUT2D eigenvalue weighted by atomic mass is 19.1. The Balaban J connectivity index is 1.70. The third-order valence-corrected chi connectivity index (χ3v) is 6.89. The van der Waals surface area contributed by atoms with E-state index < -0.39 is 46.1 Å². The summed E-state index contributed by atoms with van der Waals surface area (Å²) >= 11 is 0. The van der Waals surface area contributed by atoms with Gasteiger partial charge in [0.05, 0.1) is 5.54 Å². The molecule has 2 aromatic rings. The van der Waals surface area contributed by atoms with Crippen molar-refractivity contribution >= 4 is 17.7 Å². The van der Waals surface area contributed by atoms with Crippen molar-refractivity contribution in [2.75, 3.05) is 14.1 Å². The number of nitrogens with zero attached hydrogens (tertiary/aromatic N) is 3. The molecule has 0 unspecified atom stereocenters. The Morgan fingerprint density at radius 2 is 1.94 bits per heavy atom. The lowest BCUT2D eigenvalue weighted by atomic mass is 9.77. The molecule has 5 rings (SSSR count). The molecule has 1 aromatic carbocycles. The predicted octanol–water partition coefficient (Wildman–Crippen LogP) is 0.930. The van der Waals surface area contributed by atoms with Gasteiger partial charge < -0.3 is 20.6 Å². The van der Waals surface area contributed by atoms with Crippen LogP contribution < -0.4 is 16.2 Å². The highest BCUT2D eigenvalue weighted by molar-refractivity contribution is 6.35. The third kappa shape index (κ3) is 4.50. The van der Waals surface area contributed by atoms with E-state index in [1.807, 2.05) is 0 Å². The first-order valence-electron chi connectivity index (χ1n) is 11.4. The minimum absolute atomic E-state index is 0.0335. The summed E-state index contributed by atoms with van der Waals surface area (Å²) in [5.74, 6) is -3.24. The van der Waals surface area contributed by atoms with Crippen LogP contribution in [0.1, 0.15) is 53.1 Å². The van der Waals surface area contributed by atoms with E-state index in [0.717, 1.165) is 4.90 Å². The summed E-state index contributed by atoms with van der Waals surface area (Å²) in [4.78, 5) is 56.5. The Morgan fingerprint density at radius 1 is 1.26 bits per heavy atom. The number of hydrogen-bond donors (Lipinski definition) is 3. The van der Waals surface area contributed by atoms with E-state index in [0.29, 0.717) is 43.4 Å². The molecule has 3 N–H and O–H groups in total. The van der Waals surface area contributed by atoms with E-state index in [-0.39, 0.29) is 18.3 Å². The standard InChI is InChI=1S/C24H28FN5O5/c1-13-10-16(25)5-4-15(13)11-26-19(32)17-18(31)21(34)30-12-14-6-8-24(9-7-14,23(30)27-17)28-20(33)22(35)29(2)3/h4-5,10,14,31H,6-9,11-12H2,1-3H3,(H,26,32)(H,28,33). The second-order valence-corrected chi connectivity index (χ2v) is 9.48. The first kappa shape index (κ1) is 24.4. The van der Waals surface area contributed by atoms with Gasteiger partial charge in [0, 0.05) is 27.2 Å². The van der Waals surface area contributed by atoms with Gasteiger partial charge in [0.15, 0.2) is 5.69 Å². The normalized spacial score (nSPS) is 20.5. The summed E-state index contributed by atoms with van der Waals surface area (Å²) in [6, 6.07) is 4.15. The van der Waals surface area contributed by atoms with Gasteiger partial charge in [-0.15, -0.1) is 0 Å². The van der Waals surface area contributed by atoms with Crippen LogP contribution in [0.3, 0.4) is 0 Å². The van der Waals surface area contributed by atoms with Crippen LogP contribution >= 0.6 is 0 Å². The smallest absolute Gasteiger partial charge is 0.311 e. The fourth-order valence-corrected chi connectivity index (χ4v) is 4.84. The van der Waals surface area contributed by atoms with Crippen LogP contribution in [-0.2, 0) is 28.2 Å². The Hall–Kier alpha value is -3.76. The number of rotatable bonds is 4. The van der Waals surface area contributed by atoms with Gasteiger partial charge in [-0.05, 0) is 61.8 Å². The molecule has 1 saturated carbocycles. The van der Waals surface area contributed by atoms with E-state index in [1.54, 1.807) is 6.92 Å². The van der Waals surface area contributed by atoms with Crippen LogP contribution in [-0.4, -0.2) is 51.4 Å². The molecule has 186 valence electrons. The van der Waals surface area contributed by atoms with Crippen molar-refractivity contribution < 1.29 is 23.9 Å². The van der Waals surface area contributed by atoms with Crippen LogP contribution in [0.15, 0.2) is 23.0 Å². The monoisotopic (exact) mass is 485 g/mol. The summed E-state index contributed by atoms with van der Waals surface area (Å²) in [6.07, 6.45) is 2.26. The van der Waals surface area contributed by atoms with Crippen molar-refractivity contribution in [1.82, 2.24) is 25.1 Å². The average Bonchev–Trinajstić information content (AvgIpc) is 3.06. The molecule has 0 saturated heterocycles. The zero-order valence-corrected chi connectivity index (χ0v) is 19.9. The number of carbonyl (C=O) groups is 3. The fraction of sp³-hybridized carbons (Fsp3) is 0.458. The highest BCUT2D eigenvalue weighted by Gasteiger charge is 2.46. The topological polar surface area (TPSA) is 134 Å². The highest BCUT2D eigenvalue weighted by Crippen LogP contribution is 2.42. The van der Waals surface area contributed by atoms with E-state index >= 15 is 0 Å². The molecule has 1 aromatic heterocycles. The second kappa shape index (κ2) is 9.12. The summed E-state index contributed by atoms with van der Waals surface area (Å²) in [5, 5.41) is 16.0. The molecule has 3 aliphatic rings. The second-order valence-electron chi connectivity index (χ2n) is 9.48. The van der Waals surface area contributed by atoms with Crippen molar-refractivity contribution in [2.24, 2.45) is 5.92 Å². The van der Waals surface area contributed by atoms with Crippen LogP contribution in [0, 0.1) is 18.7 Å². The van der Waals surface area contributed by atoms with E-state index in [4.69, 9.17) is 0 Å². The van der Waals surface area contributed by atoms with Crippen molar-refractivity contribution in [3.63, 3.8) is 0 Å². The minimum atomic E-state index is -1.12. The number of aromatic hydroxyl groups is 1. The Kier molecular flexibility index (Phi) is 6.35. The Bertz CT molecular complexity index is 1260. The Labute approximate surface area is 201 Å². The molecule has 35 heavy (non-hydrogen) atoms. The number of aromatic nitrogens is 2. The zero-order valence-electron chi connectivity index (χ0n) is 19.9. The van der Waals surface area contributed by atoms with Gasteiger partial charge in [0.2, 0.25) is 5.75 Å². The first-order chi connectivity index (χ1) is 16.5. The van der Waals surface area contributed by atoms with Crippen LogP contribution in [0.5, 0.6) is 5.75 Å². The molecule has 2 aliphatic heterocycles. The predicted molar refractivity (Wildman–Crippen MR) is 123 cm³/mol. The van der Waals surface area contributed by atoms with Gasteiger partial charge in [-0.1, -0.05) is 6.07 Å². The fourth-order valence-electron chi connectivity index (χ4n) is 4.84. The van der Waals surface area contributed by atoms with Crippen molar-refractivity contribution in [3.05, 3.63) is 57.0 Å². The summed E-state index contributed by atoms with van der Waals surface area (Å²) in [5.41, 5.74) is -1.06. The van der Waals surface area contributed by atoms with Crippen LogP contribution in [0.4, 0.5) is 4.39 Å². The van der Waals surface area contributed by atoms with Crippen molar-refractivity contribution in [1.29, 1.82) is 0 Å². The maximum Gasteiger partial charge on any atom is 0.311 e.